The first-order chi connectivity index (χ1) is 13.3. The highest BCUT2D eigenvalue weighted by Gasteiger charge is 2.33. The number of benzene rings is 1. The molecule has 1 atom stereocenters. The Morgan fingerprint density at radius 2 is 2.07 bits per heavy atom. The van der Waals surface area contributed by atoms with Gasteiger partial charge in [0, 0.05) is 13.1 Å². The van der Waals surface area contributed by atoms with Gasteiger partial charge in [-0.05, 0) is 39.3 Å². The molecular formula is C20H22FN5O2. The van der Waals surface area contributed by atoms with Crippen molar-refractivity contribution in [3.05, 3.63) is 42.6 Å². The fourth-order valence-electron chi connectivity index (χ4n) is 3.47. The van der Waals surface area contributed by atoms with Crippen LogP contribution in [0.3, 0.4) is 0 Å². The minimum absolute atomic E-state index is 0.0815. The van der Waals surface area contributed by atoms with Crippen LogP contribution in [0.4, 0.5) is 9.18 Å². The van der Waals surface area contributed by atoms with Gasteiger partial charge in [0.05, 0.1) is 17.8 Å². The zero-order chi connectivity index (χ0) is 19.9. The van der Waals surface area contributed by atoms with E-state index in [0.717, 1.165) is 0 Å². The molecule has 2 aromatic heterocycles. The van der Waals surface area contributed by atoms with Crippen molar-refractivity contribution < 1.29 is 13.9 Å². The summed E-state index contributed by atoms with van der Waals surface area (Å²) >= 11 is 0. The second-order valence-electron chi connectivity index (χ2n) is 7.89. The number of amides is 1. The number of carbonyl (C=O) groups excluding carboxylic acids is 1. The molecule has 4 rings (SSSR count). The van der Waals surface area contributed by atoms with Crippen molar-refractivity contribution >= 4 is 17.3 Å². The van der Waals surface area contributed by atoms with Crippen LogP contribution in [0.15, 0.2) is 36.8 Å². The summed E-state index contributed by atoms with van der Waals surface area (Å²) in [6, 6.07) is 6.44. The highest BCUT2D eigenvalue weighted by Crippen LogP contribution is 2.33. The van der Waals surface area contributed by atoms with Crippen LogP contribution in [-0.2, 0) is 4.74 Å². The molecule has 1 amide bonds. The summed E-state index contributed by atoms with van der Waals surface area (Å²) in [6.07, 6.45) is 3.42. The van der Waals surface area contributed by atoms with Gasteiger partial charge < -0.3 is 14.2 Å². The molecule has 7 nitrogen and oxygen atoms in total. The molecule has 8 heteroatoms. The van der Waals surface area contributed by atoms with Gasteiger partial charge in [0.2, 0.25) is 0 Å². The summed E-state index contributed by atoms with van der Waals surface area (Å²) in [5.74, 6) is 0.138. The Morgan fingerprint density at radius 1 is 1.29 bits per heavy atom. The third-order valence-corrected chi connectivity index (χ3v) is 4.65. The molecular weight excluding hydrogens is 361 g/mol. The maximum absolute atomic E-state index is 14.5. The molecule has 0 bridgehead atoms. The number of likely N-dealkylation sites (tertiary alicyclic amines) is 1. The van der Waals surface area contributed by atoms with E-state index in [9.17, 15) is 9.18 Å². The van der Waals surface area contributed by atoms with Crippen molar-refractivity contribution in [3.8, 4) is 11.4 Å². The summed E-state index contributed by atoms with van der Waals surface area (Å²) in [4.78, 5) is 27.1. The Bertz CT molecular complexity index is 1030. The molecule has 3 aromatic rings. The average molecular weight is 383 g/mol. The molecule has 28 heavy (non-hydrogen) atoms. The fraction of sp³-hybridized carbons (Fsp3) is 0.400. The van der Waals surface area contributed by atoms with E-state index in [-0.39, 0.29) is 18.0 Å². The van der Waals surface area contributed by atoms with E-state index < -0.39 is 5.60 Å². The molecule has 0 spiro atoms. The van der Waals surface area contributed by atoms with Crippen LogP contribution in [0.1, 0.15) is 33.2 Å². The maximum Gasteiger partial charge on any atom is 0.410 e. The van der Waals surface area contributed by atoms with Crippen molar-refractivity contribution in [1.29, 1.82) is 0 Å². The number of hydrogen-bond acceptors (Lipinski definition) is 5. The van der Waals surface area contributed by atoms with Crippen molar-refractivity contribution in [2.75, 3.05) is 13.1 Å². The molecule has 3 heterocycles. The Labute approximate surface area is 162 Å². The first kappa shape index (κ1) is 18.3. The predicted octanol–water partition coefficient (Wildman–Crippen LogP) is 3.81. The number of nitrogens with zero attached hydrogens (tertiary/aromatic N) is 5. The standard InChI is InChI=1S/C20H22FN5O2/c1-20(2,3)28-19(27)25-9-8-13(11-25)26-17(14-6-4-5-7-15(14)21)24-16-10-22-12-23-18(16)26/h4-7,10,12-13H,8-9,11H2,1-3H3. The lowest BCUT2D eigenvalue weighted by atomic mass is 10.1. The number of carbonyl (C=O) groups is 1. The summed E-state index contributed by atoms with van der Waals surface area (Å²) in [5, 5.41) is 0. The zero-order valence-corrected chi connectivity index (χ0v) is 16.1. The Hall–Kier alpha value is -3.03. The quantitative estimate of drug-likeness (QED) is 0.673. The lowest BCUT2D eigenvalue weighted by molar-refractivity contribution is 0.0289. The third kappa shape index (κ3) is 3.42. The lowest BCUT2D eigenvalue weighted by Crippen LogP contribution is -2.35. The Morgan fingerprint density at radius 3 is 2.82 bits per heavy atom. The number of hydrogen-bond donors (Lipinski definition) is 0. The fourth-order valence-corrected chi connectivity index (χ4v) is 3.47. The van der Waals surface area contributed by atoms with Crippen LogP contribution in [0, 0.1) is 5.82 Å². The molecule has 1 aromatic carbocycles. The molecule has 1 saturated heterocycles. The number of ether oxygens (including phenoxy) is 1. The molecule has 0 saturated carbocycles. The van der Waals surface area contributed by atoms with Crippen molar-refractivity contribution in [1.82, 2.24) is 24.4 Å². The summed E-state index contributed by atoms with van der Waals surface area (Å²) in [6.45, 7) is 6.53. The number of rotatable bonds is 2. The van der Waals surface area contributed by atoms with Gasteiger partial charge in [-0.3, -0.25) is 0 Å². The lowest BCUT2D eigenvalue weighted by Gasteiger charge is -2.24. The Kier molecular flexibility index (Phi) is 4.49. The van der Waals surface area contributed by atoms with E-state index in [0.29, 0.717) is 42.1 Å². The molecule has 1 aliphatic rings. The molecule has 1 unspecified atom stereocenters. The second kappa shape index (κ2) is 6.85. The topological polar surface area (TPSA) is 73.1 Å². The van der Waals surface area contributed by atoms with E-state index in [2.05, 4.69) is 15.0 Å². The highest BCUT2D eigenvalue weighted by molar-refractivity contribution is 5.77. The van der Waals surface area contributed by atoms with E-state index in [1.807, 2.05) is 25.3 Å². The predicted molar refractivity (Wildman–Crippen MR) is 102 cm³/mol. The zero-order valence-electron chi connectivity index (χ0n) is 16.1. The average Bonchev–Trinajstić information content (AvgIpc) is 3.25. The van der Waals surface area contributed by atoms with Gasteiger partial charge in [0.15, 0.2) is 5.65 Å². The van der Waals surface area contributed by atoms with Gasteiger partial charge in [-0.25, -0.2) is 24.1 Å². The van der Waals surface area contributed by atoms with Crippen LogP contribution in [0.5, 0.6) is 0 Å². The van der Waals surface area contributed by atoms with Crippen LogP contribution >= 0.6 is 0 Å². The van der Waals surface area contributed by atoms with Crippen molar-refractivity contribution in [2.24, 2.45) is 0 Å². The Balaban J connectivity index is 1.72. The first-order valence-electron chi connectivity index (χ1n) is 9.24. The molecule has 0 aliphatic carbocycles. The van der Waals surface area contributed by atoms with Crippen LogP contribution in [-0.4, -0.2) is 49.2 Å². The number of fused-ring (bicyclic) bond motifs is 1. The number of halogens is 1. The summed E-state index contributed by atoms with van der Waals surface area (Å²) in [7, 11) is 0. The van der Waals surface area contributed by atoms with Crippen LogP contribution in [0.25, 0.3) is 22.6 Å². The first-order valence-corrected chi connectivity index (χ1v) is 9.24. The third-order valence-electron chi connectivity index (χ3n) is 4.65. The van der Waals surface area contributed by atoms with Gasteiger partial charge in [-0.2, -0.15) is 0 Å². The molecule has 1 aliphatic heterocycles. The van der Waals surface area contributed by atoms with E-state index >= 15 is 0 Å². The van der Waals surface area contributed by atoms with Gasteiger partial charge in [-0.1, -0.05) is 12.1 Å². The summed E-state index contributed by atoms with van der Waals surface area (Å²) in [5.41, 5.74) is 1.07. The van der Waals surface area contributed by atoms with Gasteiger partial charge in [0.25, 0.3) is 0 Å². The van der Waals surface area contributed by atoms with Gasteiger partial charge in [0.1, 0.15) is 29.1 Å². The SMILES string of the molecule is CC(C)(C)OC(=O)N1CCC(n2c(-c3ccccc3F)nc3cncnc32)C1. The maximum atomic E-state index is 14.5. The van der Waals surface area contributed by atoms with Gasteiger partial charge in [-0.15, -0.1) is 0 Å². The van der Waals surface area contributed by atoms with Crippen LogP contribution < -0.4 is 0 Å². The van der Waals surface area contributed by atoms with Crippen molar-refractivity contribution in [3.63, 3.8) is 0 Å². The van der Waals surface area contributed by atoms with Crippen molar-refractivity contribution in [2.45, 2.75) is 38.8 Å². The molecule has 146 valence electrons. The monoisotopic (exact) mass is 383 g/mol. The molecule has 0 N–H and O–H groups in total. The minimum atomic E-state index is -0.553. The minimum Gasteiger partial charge on any atom is -0.444 e. The molecule has 0 radical (unpaired) electrons. The highest BCUT2D eigenvalue weighted by atomic mass is 19.1. The van der Waals surface area contributed by atoms with Crippen LogP contribution in [0.2, 0.25) is 0 Å². The number of imidazole rings is 1. The largest absolute Gasteiger partial charge is 0.444 e. The van der Waals surface area contributed by atoms with E-state index in [1.54, 1.807) is 29.3 Å². The molecule has 1 fully saturated rings. The van der Waals surface area contributed by atoms with Gasteiger partial charge >= 0.3 is 6.09 Å². The van der Waals surface area contributed by atoms with E-state index in [4.69, 9.17) is 4.74 Å². The van der Waals surface area contributed by atoms with E-state index in [1.165, 1.54) is 12.4 Å². The number of aromatic nitrogens is 4. The summed E-state index contributed by atoms with van der Waals surface area (Å²) < 4.78 is 21.9. The second-order valence-corrected chi connectivity index (χ2v) is 7.89. The smallest absolute Gasteiger partial charge is 0.410 e. The normalized spacial score (nSPS) is 17.3.